The minimum atomic E-state index is -4.50. The van der Waals surface area contributed by atoms with Gasteiger partial charge in [0.2, 0.25) is 5.91 Å². The number of aromatic nitrogens is 2. The van der Waals surface area contributed by atoms with E-state index in [2.05, 4.69) is 27.9 Å². The number of piperazine rings is 1. The van der Waals surface area contributed by atoms with E-state index in [4.69, 9.17) is 10.00 Å². The van der Waals surface area contributed by atoms with Gasteiger partial charge in [-0.25, -0.2) is 4.98 Å². The second-order valence-electron chi connectivity index (χ2n) is 8.58. The molecule has 2 aliphatic rings. The normalized spacial score (nSPS) is 23.3. The first-order valence-corrected chi connectivity index (χ1v) is 10.7. The molecule has 7 nitrogen and oxygen atoms in total. The van der Waals surface area contributed by atoms with Crippen molar-refractivity contribution in [3.63, 3.8) is 0 Å². The summed E-state index contributed by atoms with van der Waals surface area (Å²) in [6.07, 6.45) is -1.44. The molecule has 1 amide bonds. The van der Waals surface area contributed by atoms with Crippen LogP contribution in [0.1, 0.15) is 43.2 Å². The van der Waals surface area contributed by atoms with E-state index >= 15 is 0 Å². The van der Waals surface area contributed by atoms with Crippen LogP contribution in [-0.4, -0.2) is 52.6 Å². The molecule has 2 fully saturated rings. The van der Waals surface area contributed by atoms with Crippen LogP contribution < -0.4 is 4.90 Å². The van der Waals surface area contributed by atoms with Crippen molar-refractivity contribution < 1.29 is 22.7 Å². The van der Waals surface area contributed by atoms with Crippen LogP contribution in [0.5, 0.6) is 0 Å². The monoisotopic (exact) mass is 459 g/mol. The van der Waals surface area contributed by atoms with Crippen LogP contribution >= 0.6 is 0 Å². The van der Waals surface area contributed by atoms with Crippen molar-refractivity contribution in [2.45, 2.75) is 44.6 Å². The smallest absolute Gasteiger partial charge is 0.364 e. The molecule has 0 radical (unpaired) electrons. The molecular formula is C23H24F3N5O2. The zero-order chi connectivity index (χ0) is 23.8. The van der Waals surface area contributed by atoms with Gasteiger partial charge in [-0.2, -0.15) is 18.4 Å². The van der Waals surface area contributed by atoms with Crippen molar-refractivity contribution >= 4 is 11.7 Å². The van der Waals surface area contributed by atoms with Crippen LogP contribution in [0.25, 0.3) is 0 Å². The molecule has 4 heterocycles. The van der Waals surface area contributed by atoms with Gasteiger partial charge < -0.3 is 14.5 Å². The number of hydrogen-bond donors (Lipinski definition) is 0. The van der Waals surface area contributed by atoms with Crippen molar-refractivity contribution in [2.24, 2.45) is 5.92 Å². The number of likely N-dealkylation sites (tertiary alicyclic amines) is 1. The number of carbonyl (C=O) groups excluding carboxylic acids is 1. The Morgan fingerprint density at radius 1 is 1.24 bits per heavy atom. The number of carbonyl (C=O) groups is 1. The quantitative estimate of drug-likeness (QED) is 0.680. The third-order valence-corrected chi connectivity index (χ3v) is 6.39. The number of rotatable bonds is 5. The summed E-state index contributed by atoms with van der Waals surface area (Å²) >= 11 is 0. The van der Waals surface area contributed by atoms with Gasteiger partial charge in [-0.1, -0.05) is 13.0 Å². The maximum Gasteiger partial charge on any atom is 0.433 e. The minimum absolute atomic E-state index is 0.115. The van der Waals surface area contributed by atoms with Crippen molar-refractivity contribution in [1.29, 1.82) is 5.26 Å². The van der Waals surface area contributed by atoms with E-state index in [1.165, 1.54) is 6.07 Å². The topological polar surface area (TPSA) is 82.4 Å². The Balaban J connectivity index is 1.36. The summed E-state index contributed by atoms with van der Waals surface area (Å²) in [6, 6.07) is 8.12. The van der Waals surface area contributed by atoms with E-state index < -0.39 is 18.0 Å². The number of fused-ring (bicyclic) bond motifs is 2. The summed E-state index contributed by atoms with van der Waals surface area (Å²) in [7, 11) is 0. The molecule has 2 aromatic heterocycles. The molecule has 4 rings (SSSR count). The minimum Gasteiger partial charge on any atom is -0.364 e. The van der Waals surface area contributed by atoms with E-state index in [0.717, 1.165) is 24.5 Å². The van der Waals surface area contributed by atoms with Crippen LogP contribution in [0, 0.1) is 17.2 Å². The van der Waals surface area contributed by atoms with Crippen LogP contribution in [0.4, 0.5) is 19.0 Å². The maximum absolute atomic E-state index is 12.8. The molecule has 0 saturated carbocycles. The average molecular weight is 459 g/mol. The number of amides is 1. The molecule has 2 saturated heterocycles. The third-order valence-electron chi connectivity index (χ3n) is 6.39. The van der Waals surface area contributed by atoms with Gasteiger partial charge in [-0.15, -0.1) is 0 Å². The Bertz CT molecular complexity index is 1040. The lowest BCUT2D eigenvalue weighted by Gasteiger charge is -2.42. The van der Waals surface area contributed by atoms with Crippen molar-refractivity contribution in [2.75, 3.05) is 24.6 Å². The van der Waals surface area contributed by atoms with Crippen LogP contribution in [0.3, 0.4) is 0 Å². The molecule has 2 aromatic rings. The van der Waals surface area contributed by atoms with Crippen molar-refractivity contribution in [3.8, 4) is 6.07 Å². The van der Waals surface area contributed by atoms with Crippen LogP contribution in [-0.2, 0) is 15.7 Å². The molecule has 33 heavy (non-hydrogen) atoms. The van der Waals surface area contributed by atoms with Crippen LogP contribution in [0.15, 0.2) is 36.7 Å². The highest BCUT2D eigenvalue weighted by Crippen LogP contribution is 2.37. The van der Waals surface area contributed by atoms with Gasteiger partial charge in [-0.05, 0) is 43.0 Å². The number of ether oxygens (including phenoxy) is 1. The molecule has 3 unspecified atom stereocenters. The average Bonchev–Trinajstić information content (AvgIpc) is 3.00. The fourth-order valence-electron chi connectivity index (χ4n) is 4.59. The van der Waals surface area contributed by atoms with Gasteiger partial charge in [0.05, 0.1) is 17.7 Å². The van der Waals surface area contributed by atoms with Gasteiger partial charge in [0.1, 0.15) is 24.2 Å². The number of nitrogens with zero attached hydrogens (tertiary/aromatic N) is 5. The molecule has 0 spiro atoms. The Kier molecular flexibility index (Phi) is 6.26. The number of halogens is 3. The lowest BCUT2D eigenvalue weighted by molar-refractivity contribution is -0.141. The highest BCUT2D eigenvalue weighted by Gasteiger charge is 2.46. The Labute approximate surface area is 189 Å². The molecule has 10 heteroatoms. The predicted molar refractivity (Wildman–Crippen MR) is 113 cm³/mol. The van der Waals surface area contributed by atoms with Gasteiger partial charge in [-0.3, -0.25) is 9.78 Å². The van der Waals surface area contributed by atoms with E-state index in [1.54, 1.807) is 24.1 Å². The summed E-state index contributed by atoms with van der Waals surface area (Å²) in [5, 5.41) is 8.99. The van der Waals surface area contributed by atoms with Gasteiger partial charge in [0.25, 0.3) is 0 Å². The third kappa shape index (κ3) is 4.78. The fraction of sp³-hybridized carbons (Fsp3) is 0.478. The molecule has 4 atom stereocenters. The number of nitriles is 1. The Hall–Kier alpha value is -3.19. The molecule has 174 valence electrons. The predicted octanol–water partition coefficient (Wildman–Crippen LogP) is 3.57. The lowest BCUT2D eigenvalue weighted by atomic mass is 10.0. The van der Waals surface area contributed by atoms with Gasteiger partial charge in [0.15, 0.2) is 0 Å². The van der Waals surface area contributed by atoms with Crippen LogP contribution in [0.2, 0.25) is 0 Å². The molecule has 2 bridgehead atoms. The Morgan fingerprint density at radius 2 is 2.03 bits per heavy atom. The highest BCUT2D eigenvalue weighted by molar-refractivity contribution is 5.78. The molecule has 0 aliphatic carbocycles. The fourth-order valence-corrected chi connectivity index (χ4v) is 4.59. The van der Waals surface area contributed by atoms with E-state index in [0.29, 0.717) is 30.1 Å². The molecular weight excluding hydrogens is 435 g/mol. The van der Waals surface area contributed by atoms with E-state index in [9.17, 15) is 18.0 Å². The second kappa shape index (κ2) is 8.98. The second-order valence-corrected chi connectivity index (χ2v) is 8.58. The molecule has 0 aromatic carbocycles. The standard InChI is InChI=1S/C23H24F3N5O2/c1-14-7-18-11-30(12-19(14)31(18)21-6-3-16(8-27)9-29-21)22(32)13-33-15(2)17-4-5-20(28-10-17)23(24,25)26/h3-6,9-10,14-15,18-19H,7,11-13H2,1-2H3/t14-,15?,18?,19?/m1/s1. The first-order chi connectivity index (χ1) is 15.7. The number of alkyl halides is 3. The summed E-state index contributed by atoms with van der Waals surface area (Å²) in [4.78, 5) is 24.7. The summed E-state index contributed by atoms with van der Waals surface area (Å²) in [5.41, 5.74) is 0.0115. The largest absolute Gasteiger partial charge is 0.433 e. The Morgan fingerprint density at radius 3 is 2.61 bits per heavy atom. The first kappa shape index (κ1) is 23.0. The molecule has 0 N–H and O–H groups in total. The summed E-state index contributed by atoms with van der Waals surface area (Å²) < 4.78 is 43.7. The molecule has 2 aliphatic heterocycles. The van der Waals surface area contributed by atoms with Crippen molar-refractivity contribution in [1.82, 2.24) is 14.9 Å². The zero-order valence-corrected chi connectivity index (χ0v) is 18.3. The zero-order valence-electron chi connectivity index (χ0n) is 18.3. The number of pyridine rings is 2. The summed E-state index contributed by atoms with van der Waals surface area (Å²) in [5.74, 6) is 1.03. The van der Waals surface area contributed by atoms with E-state index in [1.807, 2.05) is 6.07 Å². The highest BCUT2D eigenvalue weighted by atomic mass is 19.4. The SMILES string of the molecule is CC(OCC(=O)N1CC2C[C@@H](C)C(C1)N2c1ccc(C#N)cn1)c1ccc(C(F)(F)F)nc1. The lowest BCUT2D eigenvalue weighted by Crippen LogP contribution is -2.57. The number of anilines is 1. The number of hydrogen-bond acceptors (Lipinski definition) is 6. The van der Waals surface area contributed by atoms with Gasteiger partial charge in [0, 0.05) is 31.5 Å². The van der Waals surface area contributed by atoms with Gasteiger partial charge >= 0.3 is 6.18 Å². The van der Waals surface area contributed by atoms with Crippen molar-refractivity contribution in [3.05, 3.63) is 53.5 Å². The maximum atomic E-state index is 12.8. The van der Waals surface area contributed by atoms with E-state index in [-0.39, 0.29) is 24.6 Å². The first-order valence-electron chi connectivity index (χ1n) is 10.7. The summed E-state index contributed by atoms with van der Waals surface area (Å²) in [6.45, 7) is 4.76.